The van der Waals surface area contributed by atoms with Crippen LogP contribution in [0.1, 0.15) is 58.8 Å². The molecule has 186 valence electrons. The summed E-state index contributed by atoms with van der Waals surface area (Å²) in [6.07, 6.45) is 2.07. The van der Waals surface area contributed by atoms with E-state index in [1.54, 1.807) is 0 Å². The van der Waals surface area contributed by atoms with E-state index in [1.807, 2.05) is 4.90 Å². The molecule has 5 rings (SSSR count). The number of carbonyl (C=O) groups is 2. The van der Waals surface area contributed by atoms with Crippen LogP contribution in [0.5, 0.6) is 0 Å². The summed E-state index contributed by atoms with van der Waals surface area (Å²) in [5, 5.41) is 13.1. The van der Waals surface area contributed by atoms with Crippen LogP contribution in [0, 0.1) is 23.7 Å². The molecule has 0 radical (unpaired) electrons. The van der Waals surface area contributed by atoms with E-state index >= 15 is 8.78 Å². The monoisotopic (exact) mass is 467 g/mol. The number of amides is 3. The molecule has 2 saturated carbocycles. The Bertz CT molecular complexity index is 754. The molecular weight excluding hydrogens is 428 g/mol. The van der Waals surface area contributed by atoms with Crippen molar-refractivity contribution < 1.29 is 18.4 Å². The molecule has 5 fully saturated rings. The highest BCUT2D eigenvalue weighted by Crippen LogP contribution is 2.41. The Hall–Kier alpha value is -1.32. The van der Waals surface area contributed by atoms with Crippen molar-refractivity contribution in [3.05, 3.63) is 0 Å². The Morgan fingerprint density at radius 2 is 1.64 bits per heavy atom. The summed E-state index contributed by atoms with van der Waals surface area (Å²) in [6, 6.07) is -1.24. The number of urea groups is 1. The fourth-order valence-electron chi connectivity index (χ4n) is 7.48. The Labute approximate surface area is 195 Å². The minimum absolute atomic E-state index is 0.0189. The van der Waals surface area contributed by atoms with E-state index in [9.17, 15) is 9.59 Å². The molecule has 3 amide bonds. The number of imide groups is 1. The van der Waals surface area contributed by atoms with Gasteiger partial charge in [-0.25, -0.2) is 13.6 Å². The van der Waals surface area contributed by atoms with E-state index in [0.717, 1.165) is 32.1 Å². The minimum Gasteiger partial charge on any atom is -0.312 e. The lowest BCUT2D eigenvalue weighted by Gasteiger charge is -2.56. The molecular formula is C24H39F2N5O2. The van der Waals surface area contributed by atoms with Crippen LogP contribution in [0.15, 0.2) is 0 Å². The second-order valence-corrected chi connectivity index (χ2v) is 11.2. The smallest absolute Gasteiger partial charge is 0.312 e. The molecule has 4 N–H and O–H groups in total. The fourth-order valence-corrected chi connectivity index (χ4v) is 7.48. The van der Waals surface area contributed by atoms with Gasteiger partial charge in [0, 0.05) is 37.1 Å². The predicted octanol–water partition coefficient (Wildman–Crippen LogP) is 2.07. The summed E-state index contributed by atoms with van der Waals surface area (Å²) in [6.45, 7) is 5.77. The number of fused-ring (bicyclic) bond motifs is 5. The largest absolute Gasteiger partial charge is 0.325 e. The maximum absolute atomic E-state index is 15.6. The second kappa shape index (κ2) is 9.38. The first-order chi connectivity index (χ1) is 15.9. The number of nitrogens with zero attached hydrogens (tertiary/aromatic N) is 1. The number of hydrogen-bond donors (Lipinski definition) is 4. The molecule has 7 nitrogen and oxygen atoms in total. The average molecular weight is 468 g/mol. The zero-order valence-electron chi connectivity index (χ0n) is 19.7. The van der Waals surface area contributed by atoms with E-state index in [-0.39, 0.29) is 30.5 Å². The zero-order chi connectivity index (χ0) is 23.3. The van der Waals surface area contributed by atoms with Crippen molar-refractivity contribution >= 4 is 11.9 Å². The number of alkyl halides is 2. The quantitative estimate of drug-likeness (QED) is 0.475. The van der Waals surface area contributed by atoms with Gasteiger partial charge in [0.15, 0.2) is 0 Å². The maximum atomic E-state index is 15.6. The fraction of sp³-hybridized carbons (Fsp3) is 0.917. The SMILES string of the molecule is CC(C)C1CCCC2NCCNC3CCCC(F)C3C3NC4C(CC3F)C(=O)NC(=O)N4C21. The van der Waals surface area contributed by atoms with Crippen molar-refractivity contribution in [2.75, 3.05) is 13.1 Å². The van der Waals surface area contributed by atoms with Gasteiger partial charge in [-0.1, -0.05) is 20.3 Å². The van der Waals surface area contributed by atoms with Crippen molar-refractivity contribution in [2.45, 2.75) is 101 Å². The highest BCUT2D eigenvalue weighted by Gasteiger charge is 2.56. The average Bonchev–Trinajstić information content (AvgIpc) is 2.77. The number of rotatable bonds is 1. The van der Waals surface area contributed by atoms with Gasteiger partial charge in [-0.15, -0.1) is 0 Å². The van der Waals surface area contributed by atoms with Crippen LogP contribution in [-0.4, -0.2) is 72.6 Å². The van der Waals surface area contributed by atoms with Gasteiger partial charge >= 0.3 is 6.03 Å². The van der Waals surface area contributed by atoms with Gasteiger partial charge in [-0.05, 0) is 50.4 Å². The lowest BCUT2D eigenvalue weighted by Crippen LogP contribution is -2.77. The second-order valence-electron chi connectivity index (χ2n) is 11.2. The van der Waals surface area contributed by atoms with Crippen LogP contribution < -0.4 is 21.3 Å². The molecule has 2 aliphatic carbocycles. The number of nitrogens with one attached hydrogen (secondary N) is 4. The third-order valence-electron chi connectivity index (χ3n) is 9.03. The highest BCUT2D eigenvalue weighted by molar-refractivity contribution is 5.98. The van der Waals surface area contributed by atoms with Crippen LogP contribution >= 0.6 is 0 Å². The first-order valence-corrected chi connectivity index (χ1v) is 13.0. The van der Waals surface area contributed by atoms with Crippen molar-refractivity contribution in [1.29, 1.82) is 0 Å². The topological polar surface area (TPSA) is 85.5 Å². The van der Waals surface area contributed by atoms with Crippen LogP contribution in [0.4, 0.5) is 13.6 Å². The molecule has 3 heterocycles. The standard InChI is InChI=1S/C24H39F2N5O2/c1-12(2)13-5-3-8-18-21(13)31-22-14(23(32)30-24(31)33)11-16(26)20(29-22)19-15(25)6-4-7-17(19)27-9-10-28-18/h12-22,27-29H,3-11H2,1-2H3,(H,30,32,33). The number of halogens is 2. The van der Waals surface area contributed by atoms with Crippen molar-refractivity contribution in [3.8, 4) is 0 Å². The van der Waals surface area contributed by atoms with Gasteiger partial charge in [0.2, 0.25) is 5.91 Å². The van der Waals surface area contributed by atoms with Gasteiger partial charge < -0.3 is 15.5 Å². The molecule has 0 aromatic carbocycles. The third kappa shape index (κ3) is 4.18. The Morgan fingerprint density at radius 1 is 0.939 bits per heavy atom. The first kappa shape index (κ1) is 23.4. The molecule has 10 unspecified atom stereocenters. The molecule has 2 bridgehead atoms. The summed E-state index contributed by atoms with van der Waals surface area (Å²) in [7, 11) is 0. The van der Waals surface area contributed by atoms with Crippen molar-refractivity contribution in [1.82, 2.24) is 26.2 Å². The third-order valence-corrected chi connectivity index (χ3v) is 9.03. The lowest BCUT2D eigenvalue weighted by atomic mass is 9.71. The van der Waals surface area contributed by atoms with Gasteiger partial charge in [-0.3, -0.25) is 15.4 Å². The predicted molar refractivity (Wildman–Crippen MR) is 121 cm³/mol. The summed E-state index contributed by atoms with van der Waals surface area (Å²) in [5.74, 6) is -0.967. The summed E-state index contributed by atoms with van der Waals surface area (Å²) >= 11 is 0. The normalized spacial score (nSPS) is 46.5. The Balaban J connectivity index is 1.56. The summed E-state index contributed by atoms with van der Waals surface area (Å²) in [5.41, 5.74) is 0. The van der Waals surface area contributed by atoms with E-state index in [2.05, 4.69) is 35.1 Å². The summed E-state index contributed by atoms with van der Waals surface area (Å²) < 4.78 is 30.8. The van der Waals surface area contributed by atoms with Crippen LogP contribution in [0.2, 0.25) is 0 Å². The van der Waals surface area contributed by atoms with E-state index in [0.29, 0.717) is 25.4 Å². The van der Waals surface area contributed by atoms with E-state index in [4.69, 9.17) is 0 Å². The van der Waals surface area contributed by atoms with Gasteiger partial charge in [0.25, 0.3) is 0 Å². The van der Waals surface area contributed by atoms with Crippen molar-refractivity contribution in [2.24, 2.45) is 23.7 Å². The molecule has 0 aromatic rings. The minimum atomic E-state index is -1.33. The highest BCUT2D eigenvalue weighted by atomic mass is 19.1. The zero-order valence-corrected chi connectivity index (χ0v) is 19.7. The number of piperidine rings is 1. The molecule has 3 saturated heterocycles. The first-order valence-electron chi connectivity index (χ1n) is 13.0. The molecule has 9 heteroatoms. The molecule has 10 atom stereocenters. The molecule has 33 heavy (non-hydrogen) atoms. The Kier molecular flexibility index (Phi) is 6.66. The molecule has 5 aliphatic rings. The van der Waals surface area contributed by atoms with Gasteiger partial charge in [-0.2, -0.15) is 0 Å². The summed E-state index contributed by atoms with van der Waals surface area (Å²) in [4.78, 5) is 27.9. The molecule has 0 spiro atoms. The van der Waals surface area contributed by atoms with E-state index in [1.165, 1.54) is 0 Å². The number of hydrogen-bond acceptors (Lipinski definition) is 5. The number of carbonyl (C=O) groups excluding carboxylic acids is 2. The van der Waals surface area contributed by atoms with Gasteiger partial charge in [0.05, 0.1) is 18.1 Å². The lowest BCUT2D eigenvalue weighted by molar-refractivity contribution is -0.136. The van der Waals surface area contributed by atoms with Crippen LogP contribution in [0.25, 0.3) is 0 Å². The maximum Gasteiger partial charge on any atom is 0.325 e. The van der Waals surface area contributed by atoms with Crippen LogP contribution in [0.3, 0.4) is 0 Å². The molecule has 0 aromatic heterocycles. The van der Waals surface area contributed by atoms with Crippen LogP contribution in [-0.2, 0) is 4.79 Å². The Morgan fingerprint density at radius 3 is 2.39 bits per heavy atom. The van der Waals surface area contributed by atoms with E-state index < -0.39 is 48.3 Å². The van der Waals surface area contributed by atoms with Crippen molar-refractivity contribution in [3.63, 3.8) is 0 Å². The van der Waals surface area contributed by atoms with Gasteiger partial charge in [0.1, 0.15) is 12.3 Å². The molecule has 3 aliphatic heterocycles.